The number of nitrogens with two attached hydrogens (primary N) is 1. The largest absolute Gasteiger partial charge is 0.491 e. The normalized spacial score (nSPS) is 10.1. The first-order chi connectivity index (χ1) is 6.84. The number of benzene rings is 1. The third-order valence-electron chi connectivity index (χ3n) is 1.58. The molecule has 0 saturated heterocycles. The van der Waals surface area contributed by atoms with Crippen LogP contribution in [0.4, 0.5) is 0 Å². The quantitative estimate of drug-likeness (QED) is 0.764. The Balaban J connectivity index is 2.21. The maximum atomic E-state index is 5.91. The van der Waals surface area contributed by atoms with Gasteiger partial charge in [-0.2, -0.15) is 11.8 Å². The van der Waals surface area contributed by atoms with Gasteiger partial charge in [-0.1, -0.05) is 23.7 Å². The number of hydrogen-bond donors (Lipinski definition) is 1. The van der Waals surface area contributed by atoms with Crippen LogP contribution in [0.2, 0.25) is 5.02 Å². The van der Waals surface area contributed by atoms with E-state index >= 15 is 0 Å². The van der Waals surface area contributed by atoms with Crippen LogP contribution in [0.3, 0.4) is 0 Å². The predicted octanol–water partition coefficient (Wildman–Crippen LogP) is 2.41. The highest BCUT2D eigenvalue weighted by atomic mass is 35.5. The summed E-state index contributed by atoms with van der Waals surface area (Å²) < 4.78 is 5.49. The molecule has 2 N–H and O–H groups in total. The van der Waals surface area contributed by atoms with E-state index in [1.54, 1.807) is 11.8 Å². The van der Waals surface area contributed by atoms with Gasteiger partial charge in [0.15, 0.2) is 0 Å². The van der Waals surface area contributed by atoms with Crippen LogP contribution in [0.15, 0.2) is 24.3 Å². The van der Waals surface area contributed by atoms with Crippen LogP contribution in [0.1, 0.15) is 0 Å². The lowest BCUT2D eigenvalue weighted by atomic mass is 10.3. The average molecular weight is 232 g/mol. The number of hydrogen-bond acceptors (Lipinski definition) is 3. The second-order valence-electron chi connectivity index (χ2n) is 2.68. The zero-order valence-corrected chi connectivity index (χ0v) is 9.48. The molecule has 0 aromatic heterocycles. The second kappa shape index (κ2) is 6.98. The van der Waals surface area contributed by atoms with Gasteiger partial charge in [0.2, 0.25) is 0 Å². The van der Waals surface area contributed by atoms with E-state index in [9.17, 15) is 0 Å². The van der Waals surface area contributed by atoms with Crippen molar-refractivity contribution in [2.24, 2.45) is 5.73 Å². The van der Waals surface area contributed by atoms with Crippen molar-refractivity contribution < 1.29 is 4.74 Å². The summed E-state index contributed by atoms with van der Waals surface area (Å²) >= 11 is 7.70. The average Bonchev–Trinajstić information content (AvgIpc) is 2.20. The van der Waals surface area contributed by atoms with Gasteiger partial charge in [0.25, 0.3) is 0 Å². The van der Waals surface area contributed by atoms with Crippen LogP contribution >= 0.6 is 23.4 Å². The molecule has 78 valence electrons. The molecule has 0 heterocycles. The molecule has 0 spiro atoms. The summed E-state index contributed by atoms with van der Waals surface area (Å²) in [5.41, 5.74) is 5.36. The van der Waals surface area contributed by atoms with Gasteiger partial charge in [0, 0.05) is 18.1 Å². The molecular formula is C10H14ClNOS. The molecule has 0 radical (unpaired) electrons. The van der Waals surface area contributed by atoms with Crippen LogP contribution in [0.25, 0.3) is 0 Å². The molecule has 0 aliphatic rings. The van der Waals surface area contributed by atoms with Crippen LogP contribution in [-0.4, -0.2) is 24.7 Å². The van der Waals surface area contributed by atoms with E-state index in [4.69, 9.17) is 22.1 Å². The van der Waals surface area contributed by atoms with Gasteiger partial charge in [0.1, 0.15) is 5.75 Å². The van der Waals surface area contributed by atoms with Crippen molar-refractivity contribution in [2.75, 3.05) is 24.7 Å². The van der Waals surface area contributed by atoms with Crippen molar-refractivity contribution in [1.82, 2.24) is 0 Å². The summed E-state index contributed by atoms with van der Waals surface area (Å²) in [5, 5.41) is 0.663. The highest BCUT2D eigenvalue weighted by Crippen LogP contribution is 2.23. The molecule has 0 aliphatic heterocycles. The standard InChI is InChI=1S/C10H14ClNOS/c11-9-3-1-2-4-10(9)13-6-8-14-7-5-12/h1-4H,5-8,12H2. The van der Waals surface area contributed by atoms with Crippen molar-refractivity contribution in [1.29, 1.82) is 0 Å². The molecular weight excluding hydrogens is 218 g/mol. The highest BCUT2D eigenvalue weighted by Gasteiger charge is 1.98. The summed E-state index contributed by atoms with van der Waals surface area (Å²) in [6.07, 6.45) is 0. The van der Waals surface area contributed by atoms with Gasteiger partial charge in [-0.3, -0.25) is 0 Å². The molecule has 0 atom stereocenters. The number of thioether (sulfide) groups is 1. The zero-order chi connectivity index (χ0) is 10.2. The Bertz CT molecular complexity index is 270. The molecule has 0 fully saturated rings. The summed E-state index contributed by atoms with van der Waals surface area (Å²) in [5.74, 6) is 2.68. The smallest absolute Gasteiger partial charge is 0.137 e. The molecule has 0 aliphatic carbocycles. The minimum atomic E-state index is 0.663. The van der Waals surface area contributed by atoms with E-state index in [1.807, 2.05) is 24.3 Å². The first-order valence-electron chi connectivity index (χ1n) is 4.49. The number of halogens is 1. The first-order valence-corrected chi connectivity index (χ1v) is 6.03. The molecule has 1 rings (SSSR count). The lowest BCUT2D eigenvalue weighted by Crippen LogP contribution is -2.05. The molecule has 0 bridgehead atoms. The molecule has 0 amide bonds. The Hall–Kier alpha value is -0.380. The Labute approximate surface area is 93.8 Å². The van der Waals surface area contributed by atoms with Gasteiger partial charge in [-0.25, -0.2) is 0 Å². The van der Waals surface area contributed by atoms with E-state index in [2.05, 4.69) is 0 Å². The van der Waals surface area contributed by atoms with E-state index in [0.29, 0.717) is 11.6 Å². The third-order valence-corrected chi connectivity index (χ3v) is 2.88. The SMILES string of the molecule is NCCSCCOc1ccccc1Cl. The van der Waals surface area contributed by atoms with Crippen molar-refractivity contribution in [3.8, 4) is 5.75 Å². The predicted molar refractivity (Wildman–Crippen MR) is 63.3 cm³/mol. The van der Waals surface area contributed by atoms with Crippen molar-refractivity contribution in [3.05, 3.63) is 29.3 Å². The fourth-order valence-electron chi connectivity index (χ4n) is 0.958. The molecule has 14 heavy (non-hydrogen) atoms. The van der Waals surface area contributed by atoms with E-state index in [1.165, 1.54) is 0 Å². The minimum absolute atomic E-state index is 0.663. The van der Waals surface area contributed by atoms with Gasteiger partial charge in [0.05, 0.1) is 11.6 Å². The Morgan fingerprint density at radius 3 is 2.79 bits per heavy atom. The second-order valence-corrected chi connectivity index (χ2v) is 4.31. The van der Waals surface area contributed by atoms with E-state index < -0.39 is 0 Å². The van der Waals surface area contributed by atoms with E-state index in [-0.39, 0.29) is 0 Å². The Kier molecular flexibility index (Phi) is 5.83. The van der Waals surface area contributed by atoms with Gasteiger partial charge < -0.3 is 10.5 Å². The lowest BCUT2D eigenvalue weighted by Gasteiger charge is -2.06. The Morgan fingerprint density at radius 2 is 2.07 bits per heavy atom. The summed E-state index contributed by atoms with van der Waals surface area (Å²) in [7, 11) is 0. The fraction of sp³-hybridized carbons (Fsp3) is 0.400. The number of ether oxygens (including phenoxy) is 1. The molecule has 2 nitrogen and oxygen atoms in total. The molecule has 4 heteroatoms. The summed E-state index contributed by atoms with van der Waals surface area (Å²) in [6.45, 7) is 1.39. The van der Waals surface area contributed by atoms with Gasteiger partial charge in [-0.05, 0) is 12.1 Å². The van der Waals surface area contributed by atoms with Crippen LogP contribution in [0, 0.1) is 0 Å². The molecule has 0 unspecified atom stereocenters. The maximum absolute atomic E-state index is 5.91. The minimum Gasteiger partial charge on any atom is -0.491 e. The Morgan fingerprint density at radius 1 is 1.29 bits per heavy atom. The fourth-order valence-corrected chi connectivity index (χ4v) is 1.72. The van der Waals surface area contributed by atoms with E-state index in [0.717, 1.165) is 23.8 Å². The number of para-hydroxylation sites is 1. The lowest BCUT2D eigenvalue weighted by molar-refractivity contribution is 0.344. The molecule has 1 aromatic carbocycles. The van der Waals surface area contributed by atoms with Crippen LogP contribution in [0.5, 0.6) is 5.75 Å². The van der Waals surface area contributed by atoms with Gasteiger partial charge in [-0.15, -0.1) is 0 Å². The van der Waals surface area contributed by atoms with Crippen molar-refractivity contribution in [3.63, 3.8) is 0 Å². The monoisotopic (exact) mass is 231 g/mol. The highest BCUT2D eigenvalue weighted by molar-refractivity contribution is 7.99. The van der Waals surface area contributed by atoms with Crippen molar-refractivity contribution in [2.45, 2.75) is 0 Å². The molecule has 0 saturated carbocycles. The third kappa shape index (κ3) is 4.22. The van der Waals surface area contributed by atoms with Crippen LogP contribution in [-0.2, 0) is 0 Å². The summed E-state index contributed by atoms with van der Waals surface area (Å²) in [6, 6.07) is 7.49. The zero-order valence-electron chi connectivity index (χ0n) is 7.91. The van der Waals surface area contributed by atoms with Crippen LogP contribution < -0.4 is 10.5 Å². The summed E-state index contributed by atoms with van der Waals surface area (Å²) in [4.78, 5) is 0. The number of rotatable bonds is 6. The topological polar surface area (TPSA) is 35.2 Å². The first kappa shape index (κ1) is 11.7. The molecule has 1 aromatic rings. The maximum Gasteiger partial charge on any atom is 0.137 e. The van der Waals surface area contributed by atoms with Gasteiger partial charge >= 0.3 is 0 Å². The van der Waals surface area contributed by atoms with Crippen molar-refractivity contribution >= 4 is 23.4 Å².